The molecule has 0 atom stereocenters. The maximum Gasteiger partial charge on any atom is 0.263 e. The van der Waals surface area contributed by atoms with Crippen LogP contribution < -0.4 is 10.3 Å². The number of ether oxygens (including phenoxy) is 3. The van der Waals surface area contributed by atoms with Gasteiger partial charge in [0, 0.05) is 42.0 Å². The zero-order chi connectivity index (χ0) is 24.9. The van der Waals surface area contributed by atoms with Gasteiger partial charge in [0.2, 0.25) is 0 Å². The van der Waals surface area contributed by atoms with Crippen molar-refractivity contribution in [2.24, 2.45) is 7.05 Å². The fourth-order valence-electron chi connectivity index (χ4n) is 3.31. The molecule has 0 aliphatic rings. The molecule has 0 unspecified atom stereocenters. The maximum absolute atomic E-state index is 13.3. The second kappa shape index (κ2) is 11.0. The Morgan fingerprint density at radius 3 is 2.24 bits per heavy atom. The van der Waals surface area contributed by atoms with Gasteiger partial charge in [-0.1, -0.05) is 39.3 Å². The fraction of sp³-hybridized carbons (Fsp3) is 0.542. The minimum atomic E-state index is -1.20. The van der Waals surface area contributed by atoms with Crippen molar-refractivity contribution in [3.8, 4) is 17.0 Å². The van der Waals surface area contributed by atoms with Gasteiger partial charge in [-0.15, -0.1) is 0 Å². The molecule has 0 aliphatic carbocycles. The SMILES string of the molecule is Cn1cncc1-c1cc(OCOCC[Si](C)(C)C)c2ncn(COCC[Si](C)(C)C)c(=O)c2c1. The molecule has 0 radical (unpaired) electrons. The van der Waals surface area contributed by atoms with Crippen molar-refractivity contribution < 1.29 is 14.2 Å². The lowest BCUT2D eigenvalue weighted by Crippen LogP contribution is -2.25. The Kier molecular flexibility index (Phi) is 8.50. The third kappa shape index (κ3) is 7.36. The zero-order valence-electron chi connectivity index (χ0n) is 21.6. The van der Waals surface area contributed by atoms with Crippen LogP contribution in [0.4, 0.5) is 0 Å². The molecule has 0 saturated heterocycles. The molecule has 1 aromatic carbocycles. The van der Waals surface area contributed by atoms with Gasteiger partial charge in [0.1, 0.15) is 24.3 Å². The van der Waals surface area contributed by atoms with Crippen LogP contribution in [-0.2, 0) is 23.3 Å². The summed E-state index contributed by atoms with van der Waals surface area (Å²) in [7, 11) is -0.455. The van der Waals surface area contributed by atoms with E-state index in [-0.39, 0.29) is 19.1 Å². The van der Waals surface area contributed by atoms with Crippen LogP contribution in [0.2, 0.25) is 51.4 Å². The highest BCUT2D eigenvalue weighted by Crippen LogP contribution is 2.30. The minimum absolute atomic E-state index is 0.110. The van der Waals surface area contributed by atoms with E-state index in [1.807, 2.05) is 23.7 Å². The summed E-state index contributed by atoms with van der Waals surface area (Å²) in [5.41, 5.74) is 2.07. The van der Waals surface area contributed by atoms with Crippen LogP contribution in [0.5, 0.6) is 5.75 Å². The topological polar surface area (TPSA) is 80.4 Å². The largest absolute Gasteiger partial charge is 0.465 e. The number of hydrogen-bond acceptors (Lipinski definition) is 6. The van der Waals surface area contributed by atoms with Crippen molar-refractivity contribution in [1.29, 1.82) is 0 Å². The number of hydrogen-bond donors (Lipinski definition) is 0. The van der Waals surface area contributed by atoms with E-state index in [4.69, 9.17) is 14.2 Å². The number of fused-ring (bicyclic) bond motifs is 1. The van der Waals surface area contributed by atoms with Gasteiger partial charge in [-0.2, -0.15) is 0 Å². The van der Waals surface area contributed by atoms with Crippen LogP contribution in [-0.4, -0.2) is 55.3 Å². The Morgan fingerprint density at radius 1 is 0.941 bits per heavy atom. The van der Waals surface area contributed by atoms with Gasteiger partial charge < -0.3 is 18.8 Å². The smallest absolute Gasteiger partial charge is 0.263 e. The molecule has 3 aromatic rings. The van der Waals surface area contributed by atoms with Gasteiger partial charge in [0.15, 0.2) is 6.79 Å². The number of imidazole rings is 1. The summed E-state index contributed by atoms with van der Waals surface area (Å²) in [5, 5.41) is 0.479. The fourth-order valence-corrected chi connectivity index (χ4v) is 4.82. The number of nitrogens with zero attached hydrogens (tertiary/aromatic N) is 4. The van der Waals surface area contributed by atoms with E-state index < -0.39 is 16.1 Å². The second-order valence-electron chi connectivity index (χ2n) is 11.1. The Morgan fingerprint density at radius 2 is 1.62 bits per heavy atom. The monoisotopic (exact) mass is 502 g/mol. The predicted molar refractivity (Wildman–Crippen MR) is 142 cm³/mol. The highest BCUT2D eigenvalue weighted by Gasteiger charge is 2.16. The molecule has 0 fully saturated rings. The standard InChI is InChI=1S/C24H38N4O4Si2/c1-27-15-25-14-21(27)19-12-20-23(22(13-19)32-18-31-9-11-34(5,6)7)26-16-28(24(20)29)17-30-8-10-33(2,3)4/h12-16H,8-11,17-18H2,1-7H3. The Balaban J connectivity index is 1.86. The molecule has 10 heteroatoms. The molecule has 0 saturated carbocycles. The first kappa shape index (κ1) is 26.3. The van der Waals surface area contributed by atoms with Crippen molar-refractivity contribution in [1.82, 2.24) is 19.1 Å². The molecule has 0 N–H and O–H groups in total. The van der Waals surface area contributed by atoms with Gasteiger partial charge in [-0.3, -0.25) is 9.36 Å². The van der Waals surface area contributed by atoms with Gasteiger partial charge in [-0.25, -0.2) is 9.97 Å². The van der Waals surface area contributed by atoms with E-state index in [0.717, 1.165) is 23.3 Å². The number of aryl methyl sites for hydroxylation is 1. The van der Waals surface area contributed by atoms with Crippen LogP contribution in [0.1, 0.15) is 0 Å². The summed E-state index contributed by atoms with van der Waals surface area (Å²) in [4.78, 5) is 22.1. The zero-order valence-corrected chi connectivity index (χ0v) is 23.6. The first-order valence-corrected chi connectivity index (χ1v) is 19.1. The van der Waals surface area contributed by atoms with Crippen LogP contribution in [0.3, 0.4) is 0 Å². The molecular weight excluding hydrogens is 464 g/mol. The quantitative estimate of drug-likeness (QED) is 0.201. The highest BCUT2D eigenvalue weighted by molar-refractivity contribution is 6.76. The van der Waals surface area contributed by atoms with Crippen LogP contribution in [0, 0.1) is 0 Å². The van der Waals surface area contributed by atoms with Crippen molar-refractivity contribution in [2.45, 2.75) is 58.1 Å². The summed E-state index contributed by atoms with van der Waals surface area (Å²) < 4.78 is 20.9. The summed E-state index contributed by atoms with van der Waals surface area (Å²) in [5.74, 6) is 0.519. The van der Waals surface area contributed by atoms with Gasteiger partial charge in [0.05, 0.1) is 23.6 Å². The molecule has 2 heterocycles. The van der Waals surface area contributed by atoms with Gasteiger partial charge in [0.25, 0.3) is 5.56 Å². The molecule has 2 aromatic heterocycles. The third-order valence-corrected chi connectivity index (χ3v) is 8.93. The Hall–Kier alpha value is -2.28. The molecule has 0 amide bonds. The summed E-state index contributed by atoms with van der Waals surface area (Å²) >= 11 is 0. The summed E-state index contributed by atoms with van der Waals surface area (Å²) in [6, 6.07) is 5.84. The van der Waals surface area contributed by atoms with Crippen molar-refractivity contribution in [3.05, 3.63) is 41.3 Å². The van der Waals surface area contributed by atoms with E-state index in [1.165, 1.54) is 10.9 Å². The lowest BCUT2D eigenvalue weighted by molar-refractivity contribution is 0.0228. The van der Waals surface area contributed by atoms with Crippen molar-refractivity contribution in [2.75, 3.05) is 20.0 Å². The molecular formula is C24H38N4O4Si2. The Bertz CT molecular complexity index is 1160. The van der Waals surface area contributed by atoms with Crippen LogP contribution >= 0.6 is 0 Å². The number of rotatable bonds is 12. The molecule has 34 heavy (non-hydrogen) atoms. The van der Waals surface area contributed by atoms with Gasteiger partial charge in [-0.05, 0) is 24.2 Å². The average molecular weight is 503 g/mol. The first-order chi connectivity index (χ1) is 15.9. The summed E-state index contributed by atoms with van der Waals surface area (Å²) in [6.45, 7) is 15.4. The van der Waals surface area contributed by atoms with E-state index >= 15 is 0 Å². The lowest BCUT2D eigenvalue weighted by atomic mass is 10.1. The molecule has 0 aliphatic heterocycles. The molecule has 0 spiro atoms. The molecule has 0 bridgehead atoms. The van der Waals surface area contributed by atoms with E-state index in [2.05, 4.69) is 49.3 Å². The van der Waals surface area contributed by atoms with E-state index in [0.29, 0.717) is 29.9 Å². The lowest BCUT2D eigenvalue weighted by Gasteiger charge is -2.17. The highest BCUT2D eigenvalue weighted by atomic mass is 28.3. The average Bonchev–Trinajstić information content (AvgIpc) is 3.16. The van der Waals surface area contributed by atoms with Crippen LogP contribution in [0.25, 0.3) is 22.2 Å². The van der Waals surface area contributed by atoms with Crippen molar-refractivity contribution >= 4 is 27.1 Å². The first-order valence-electron chi connectivity index (χ1n) is 11.7. The van der Waals surface area contributed by atoms with Gasteiger partial charge >= 0.3 is 0 Å². The Labute approximate surface area is 203 Å². The number of benzene rings is 1. The predicted octanol–water partition coefficient (Wildman–Crippen LogP) is 4.80. The second-order valence-corrected chi connectivity index (χ2v) is 22.4. The minimum Gasteiger partial charge on any atom is -0.465 e. The van der Waals surface area contributed by atoms with Crippen molar-refractivity contribution in [3.63, 3.8) is 0 Å². The molecule has 3 rings (SSSR count). The van der Waals surface area contributed by atoms with Crippen LogP contribution in [0.15, 0.2) is 35.8 Å². The number of aromatic nitrogens is 4. The van der Waals surface area contributed by atoms with E-state index in [9.17, 15) is 4.79 Å². The third-order valence-electron chi connectivity index (χ3n) is 5.53. The molecule has 186 valence electrons. The molecule has 8 nitrogen and oxygen atoms in total. The summed E-state index contributed by atoms with van der Waals surface area (Å²) in [6.07, 6.45) is 5.03. The maximum atomic E-state index is 13.3. The van der Waals surface area contributed by atoms with E-state index in [1.54, 1.807) is 12.5 Å². The normalized spacial score (nSPS) is 12.4.